The summed E-state index contributed by atoms with van der Waals surface area (Å²) in [5.41, 5.74) is -0.211. The lowest BCUT2D eigenvalue weighted by Gasteiger charge is -2.33. The molecule has 2 N–H and O–H groups in total. The van der Waals surface area contributed by atoms with Gasteiger partial charge in [-0.05, 0) is 38.5 Å². The Balaban J connectivity index is 1.83. The third-order valence-electron chi connectivity index (χ3n) is 4.43. The molecule has 0 atom stereocenters. The maximum absolute atomic E-state index is 12.1. The fourth-order valence-corrected chi connectivity index (χ4v) is 3.62. The van der Waals surface area contributed by atoms with Crippen LogP contribution < -0.4 is 10.6 Å². The lowest BCUT2D eigenvalue weighted by atomic mass is 9.81. The third-order valence-corrected chi connectivity index (χ3v) is 4.43. The molecule has 1 saturated heterocycles. The van der Waals surface area contributed by atoms with E-state index in [2.05, 4.69) is 10.6 Å². The highest BCUT2D eigenvalue weighted by Gasteiger charge is 2.54. The summed E-state index contributed by atoms with van der Waals surface area (Å²) in [7, 11) is 0. The van der Waals surface area contributed by atoms with Crippen LogP contribution in [0.3, 0.4) is 0 Å². The minimum atomic E-state index is -0.192. The van der Waals surface area contributed by atoms with E-state index in [-0.39, 0.29) is 17.1 Å². The first-order chi connectivity index (χ1) is 7.25. The smallest absolute Gasteiger partial charge is 0.241 e. The van der Waals surface area contributed by atoms with Crippen LogP contribution in [0.4, 0.5) is 0 Å². The molecule has 3 aliphatic rings. The summed E-state index contributed by atoms with van der Waals surface area (Å²) < 4.78 is 0. The molecule has 0 aromatic rings. The average Bonchev–Trinajstić information content (AvgIpc) is 2.76. The first-order valence-electron chi connectivity index (χ1n) is 6.37. The molecule has 0 aromatic carbocycles. The predicted molar refractivity (Wildman–Crippen MR) is 58.3 cm³/mol. The summed E-state index contributed by atoms with van der Waals surface area (Å²) in [6.45, 7) is 0. The van der Waals surface area contributed by atoms with E-state index in [1.807, 2.05) is 0 Å². The summed E-state index contributed by atoms with van der Waals surface area (Å²) in [6.07, 6.45) is 10.5. The molecule has 15 heavy (non-hydrogen) atoms. The summed E-state index contributed by atoms with van der Waals surface area (Å²) in [4.78, 5) is 12.1. The second-order valence-electron chi connectivity index (χ2n) is 5.51. The first kappa shape index (κ1) is 9.64. The Morgan fingerprint density at radius 2 is 1.47 bits per heavy atom. The number of hydrogen-bond acceptors (Lipinski definition) is 2. The Kier molecular flexibility index (Phi) is 2.06. The molecule has 1 aliphatic heterocycles. The standard InChI is InChI=1S/C12H20N2O/c15-10-11(6-2-1-3-7-11)14-12(13-10)8-4-5-9-12/h14H,1-9H2,(H,13,15). The fraction of sp³-hybridized carbons (Fsp3) is 0.917. The molecule has 2 saturated carbocycles. The second kappa shape index (κ2) is 3.21. The van der Waals surface area contributed by atoms with Crippen molar-refractivity contribution in [1.82, 2.24) is 10.6 Å². The molecule has 1 amide bonds. The number of hydrogen-bond donors (Lipinski definition) is 2. The summed E-state index contributed by atoms with van der Waals surface area (Å²) in [6, 6.07) is 0. The Bertz CT molecular complexity index is 275. The zero-order valence-electron chi connectivity index (χ0n) is 9.27. The number of carbonyl (C=O) groups excluding carboxylic acids is 1. The number of nitrogens with one attached hydrogen (secondary N) is 2. The molecule has 1 heterocycles. The quantitative estimate of drug-likeness (QED) is 0.636. The maximum Gasteiger partial charge on any atom is 0.241 e. The third kappa shape index (κ3) is 1.40. The van der Waals surface area contributed by atoms with Crippen molar-refractivity contribution in [2.75, 3.05) is 0 Å². The molecule has 0 bridgehead atoms. The van der Waals surface area contributed by atoms with Crippen LogP contribution in [-0.2, 0) is 4.79 Å². The van der Waals surface area contributed by atoms with E-state index in [4.69, 9.17) is 0 Å². The van der Waals surface area contributed by atoms with E-state index < -0.39 is 0 Å². The number of amides is 1. The fourth-order valence-electron chi connectivity index (χ4n) is 3.62. The van der Waals surface area contributed by atoms with E-state index in [1.165, 1.54) is 32.1 Å². The number of carbonyl (C=O) groups is 1. The first-order valence-corrected chi connectivity index (χ1v) is 6.37. The highest BCUT2D eigenvalue weighted by molar-refractivity contribution is 5.89. The topological polar surface area (TPSA) is 41.1 Å². The molecule has 84 valence electrons. The van der Waals surface area contributed by atoms with E-state index in [1.54, 1.807) is 0 Å². The van der Waals surface area contributed by atoms with Crippen molar-refractivity contribution >= 4 is 5.91 Å². The monoisotopic (exact) mass is 208 g/mol. The van der Waals surface area contributed by atoms with Crippen LogP contribution in [0.15, 0.2) is 0 Å². The van der Waals surface area contributed by atoms with Crippen LogP contribution in [0.5, 0.6) is 0 Å². The molecule has 3 heteroatoms. The molecular formula is C12H20N2O. The molecule has 2 spiro atoms. The molecule has 0 radical (unpaired) electrons. The van der Waals surface area contributed by atoms with Crippen molar-refractivity contribution in [2.45, 2.75) is 69.0 Å². The van der Waals surface area contributed by atoms with Crippen molar-refractivity contribution in [3.63, 3.8) is 0 Å². The predicted octanol–water partition coefficient (Wildman–Crippen LogP) is 1.68. The summed E-state index contributed by atoms with van der Waals surface area (Å²) in [5, 5.41) is 6.91. The van der Waals surface area contributed by atoms with Gasteiger partial charge in [0, 0.05) is 0 Å². The zero-order valence-corrected chi connectivity index (χ0v) is 9.27. The van der Waals surface area contributed by atoms with Gasteiger partial charge in [0.05, 0.1) is 11.2 Å². The van der Waals surface area contributed by atoms with Gasteiger partial charge in [-0.3, -0.25) is 10.1 Å². The van der Waals surface area contributed by atoms with Gasteiger partial charge in [-0.25, -0.2) is 0 Å². The largest absolute Gasteiger partial charge is 0.336 e. The van der Waals surface area contributed by atoms with E-state index in [9.17, 15) is 4.79 Å². The minimum Gasteiger partial charge on any atom is -0.336 e. The molecular weight excluding hydrogens is 188 g/mol. The van der Waals surface area contributed by atoms with Crippen LogP contribution in [-0.4, -0.2) is 17.1 Å². The van der Waals surface area contributed by atoms with Gasteiger partial charge in [-0.1, -0.05) is 19.3 Å². The van der Waals surface area contributed by atoms with Crippen molar-refractivity contribution < 1.29 is 4.79 Å². The van der Waals surface area contributed by atoms with Crippen LogP contribution in [0, 0.1) is 0 Å². The highest BCUT2D eigenvalue weighted by Crippen LogP contribution is 2.39. The van der Waals surface area contributed by atoms with Crippen LogP contribution in [0.2, 0.25) is 0 Å². The molecule has 0 unspecified atom stereocenters. The Morgan fingerprint density at radius 3 is 2.13 bits per heavy atom. The second-order valence-corrected chi connectivity index (χ2v) is 5.51. The van der Waals surface area contributed by atoms with Gasteiger partial charge in [0.25, 0.3) is 0 Å². The van der Waals surface area contributed by atoms with Crippen LogP contribution >= 0.6 is 0 Å². The van der Waals surface area contributed by atoms with Gasteiger partial charge in [-0.2, -0.15) is 0 Å². The van der Waals surface area contributed by atoms with Crippen molar-refractivity contribution in [3.05, 3.63) is 0 Å². The summed E-state index contributed by atoms with van der Waals surface area (Å²) >= 11 is 0. The Labute approximate surface area is 91.0 Å². The maximum atomic E-state index is 12.1. The van der Waals surface area contributed by atoms with E-state index in [0.717, 1.165) is 25.7 Å². The van der Waals surface area contributed by atoms with Crippen molar-refractivity contribution in [1.29, 1.82) is 0 Å². The average molecular weight is 208 g/mol. The van der Waals surface area contributed by atoms with Gasteiger partial charge in [0.2, 0.25) is 5.91 Å². The molecule has 2 aliphatic carbocycles. The highest BCUT2D eigenvalue weighted by atomic mass is 16.2. The Morgan fingerprint density at radius 1 is 0.867 bits per heavy atom. The zero-order chi connectivity index (χ0) is 10.4. The molecule has 3 rings (SSSR count). The van der Waals surface area contributed by atoms with E-state index in [0.29, 0.717) is 0 Å². The molecule has 0 aromatic heterocycles. The van der Waals surface area contributed by atoms with Crippen molar-refractivity contribution in [2.24, 2.45) is 0 Å². The van der Waals surface area contributed by atoms with Gasteiger partial charge in [0.15, 0.2) is 0 Å². The van der Waals surface area contributed by atoms with Gasteiger partial charge >= 0.3 is 0 Å². The lowest BCUT2D eigenvalue weighted by molar-refractivity contribution is -0.125. The number of rotatable bonds is 0. The minimum absolute atomic E-state index is 0.0194. The van der Waals surface area contributed by atoms with Crippen LogP contribution in [0.1, 0.15) is 57.8 Å². The van der Waals surface area contributed by atoms with Gasteiger partial charge in [-0.15, -0.1) is 0 Å². The molecule has 3 fully saturated rings. The van der Waals surface area contributed by atoms with Gasteiger partial charge in [0.1, 0.15) is 0 Å². The van der Waals surface area contributed by atoms with Crippen molar-refractivity contribution in [3.8, 4) is 0 Å². The van der Waals surface area contributed by atoms with Gasteiger partial charge < -0.3 is 5.32 Å². The SMILES string of the molecule is O=C1NC2(CCCC2)NC12CCCCC2. The summed E-state index contributed by atoms with van der Waals surface area (Å²) in [5.74, 6) is 0.282. The normalized spacial score (nSPS) is 32.4. The Hall–Kier alpha value is -0.570. The van der Waals surface area contributed by atoms with Crippen LogP contribution in [0.25, 0.3) is 0 Å². The van der Waals surface area contributed by atoms with E-state index >= 15 is 0 Å². The molecule has 3 nitrogen and oxygen atoms in total. The lowest BCUT2D eigenvalue weighted by Crippen LogP contribution is -2.53.